The molecule has 2 heterocycles. The topological polar surface area (TPSA) is 105 Å². The predicted molar refractivity (Wildman–Crippen MR) is 123 cm³/mol. The van der Waals surface area contributed by atoms with E-state index in [0.29, 0.717) is 19.4 Å². The van der Waals surface area contributed by atoms with Crippen LogP contribution in [0.4, 0.5) is 0 Å². The minimum atomic E-state index is -0.581. The summed E-state index contributed by atoms with van der Waals surface area (Å²) in [6.07, 6.45) is 2.86. The molecule has 2 aliphatic heterocycles. The van der Waals surface area contributed by atoms with Crippen molar-refractivity contribution in [2.24, 2.45) is 5.73 Å². The van der Waals surface area contributed by atoms with E-state index in [0.717, 1.165) is 22.9 Å². The van der Waals surface area contributed by atoms with Crippen LogP contribution in [-0.4, -0.2) is 47.3 Å². The highest BCUT2D eigenvalue weighted by atomic mass is 79.9. The summed E-state index contributed by atoms with van der Waals surface area (Å²) >= 11 is 3.38. The Balaban J connectivity index is 0.00000106. The Labute approximate surface area is 188 Å². The number of piperidine rings is 1. The zero-order chi connectivity index (χ0) is 22.7. The summed E-state index contributed by atoms with van der Waals surface area (Å²) in [5.74, 6) is -0.670. The van der Waals surface area contributed by atoms with E-state index in [1.165, 1.54) is 0 Å². The van der Waals surface area contributed by atoms with Crippen molar-refractivity contribution in [2.45, 2.75) is 78.0 Å². The third kappa shape index (κ3) is 6.80. The van der Waals surface area contributed by atoms with Gasteiger partial charge in [0.25, 0.3) is 0 Å². The van der Waals surface area contributed by atoms with E-state index in [2.05, 4.69) is 26.6 Å². The van der Waals surface area contributed by atoms with Crippen molar-refractivity contribution < 1.29 is 14.4 Å². The molecule has 2 fully saturated rings. The standard InChI is InChI=1S/C18H23BrN4O3.2C2H6/c19-12-3-1-11(2-4-12)10-21-17(25)15-8-6-13-5-7-14(18(26)23(13)15)22-16(24)9-20;2*1-2/h1-4,13-15H,5-10,20H2,(H,21,25)(H,22,24);2*1-2H3/t13?,14-,15?;;/m0../s1. The first-order chi connectivity index (χ1) is 14.5. The predicted octanol–water partition coefficient (Wildman–Crippen LogP) is 2.71. The van der Waals surface area contributed by atoms with E-state index >= 15 is 0 Å². The zero-order valence-corrected chi connectivity index (χ0v) is 20.0. The molecule has 0 radical (unpaired) electrons. The second-order valence-electron chi connectivity index (χ2n) is 6.74. The highest BCUT2D eigenvalue weighted by Crippen LogP contribution is 2.32. The lowest BCUT2D eigenvalue weighted by Crippen LogP contribution is -2.59. The van der Waals surface area contributed by atoms with Crippen molar-refractivity contribution >= 4 is 33.7 Å². The number of carbonyl (C=O) groups is 3. The van der Waals surface area contributed by atoms with Gasteiger partial charge in [-0.15, -0.1) is 0 Å². The number of hydrogen-bond acceptors (Lipinski definition) is 4. The van der Waals surface area contributed by atoms with Gasteiger partial charge in [-0.25, -0.2) is 0 Å². The van der Waals surface area contributed by atoms with Crippen molar-refractivity contribution in [3.05, 3.63) is 34.3 Å². The summed E-state index contributed by atoms with van der Waals surface area (Å²) < 4.78 is 0.982. The van der Waals surface area contributed by atoms with E-state index in [-0.39, 0.29) is 30.3 Å². The number of halogens is 1. The van der Waals surface area contributed by atoms with Crippen molar-refractivity contribution in [3.8, 4) is 0 Å². The van der Waals surface area contributed by atoms with Crippen LogP contribution in [0.5, 0.6) is 0 Å². The van der Waals surface area contributed by atoms with E-state index in [1.54, 1.807) is 4.90 Å². The number of nitrogens with one attached hydrogen (secondary N) is 2. The van der Waals surface area contributed by atoms with Gasteiger partial charge in [0, 0.05) is 17.1 Å². The molecule has 8 heteroatoms. The largest absolute Gasteiger partial charge is 0.350 e. The minimum absolute atomic E-state index is 0.0805. The average Bonchev–Trinajstić information content (AvgIpc) is 3.23. The second-order valence-corrected chi connectivity index (χ2v) is 7.65. The summed E-state index contributed by atoms with van der Waals surface area (Å²) in [5.41, 5.74) is 6.31. The van der Waals surface area contributed by atoms with Gasteiger partial charge in [-0.3, -0.25) is 14.4 Å². The highest BCUT2D eigenvalue weighted by molar-refractivity contribution is 9.10. The molecule has 30 heavy (non-hydrogen) atoms. The van der Waals surface area contributed by atoms with Gasteiger partial charge < -0.3 is 21.3 Å². The van der Waals surface area contributed by atoms with Gasteiger partial charge in [-0.05, 0) is 43.4 Å². The molecule has 0 saturated carbocycles. The number of benzene rings is 1. The Morgan fingerprint density at radius 2 is 1.67 bits per heavy atom. The molecule has 0 bridgehead atoms. The third-order valence-electron chi connectivity index (χ3n) is 5.05. The lowest BCUT2D eigenvalue weighted by Gasteiger charge is -2.37. The molecule has 2 unspecified atom stereocenters. The molecule has 4 N–H and O–H groups in total. The fourth-order valence-electron chi connectivity index (χ4n) is 3.72. The zero-order valence-electron chi connectivity index (χ0n) is 18.4. The van der Waals surface area contributed by atoms with E-state index in [9.17, 15) is 14.4 Å². The summed E-state index contributed by atoms with van der Waals surface area (Å²) in [6.45, 7) is 8.27. The van der Waals surface area contributed by atoms with Crippen molar-refractivity contribution in [3.63, 3.8) is 0 Å². The minimum Gasteiger partial charge on any atom is -0.350 e. The first kappa shape index (κ1) is 26.1. The normalized spacial score (nSPS) is 22.0. The summed E-state index contributed by atoms with van der Waals surface area (Å²) in [4.78, 5) is 38.6. The van der Waals surface area contributed by atoms with Crippen LogP contribution in [0.1, 0.15) is 58.9 Å². The Kier molecular flexibility index (Phi) is 11.7. The van der Waals surface area contributed by atoms with Crippen molar-refractivity contribution in [2.75, 3.05) is 6.54 Å². The van der Waals surface area contributed by atoms with Crippen LogP contribution in [-0.2, 0) is 20.9 Å². The van der Waals surface area contributed by atoms with Gasteiger partial charge in [-0.1, -0.05) is 55.8 Å². The molecule has 1 aromatic carbocycles. The number of nitrogens with two attached hydrogens (primary N) is 1. The second kappa shape index (κ2) is 13.4. The first-order valence-corrected chi connectivity index (χ1v) is 11.6. The van der Waals surface area contributed by atoms with Crippen LogP contribution in [0.25, 0.3) is 0 Å². The Morgan fingerprint density at radius 1 is 1.07 bits per heavy atom. The molecule has 7 nitrogen and oxygen atoms in total. The molecule has 0 spiro atoms. The molecular weight excluding hydrogens is 448 g/mol. The summed E-state index contributed by atoms with van der Waals surface area (Å²) in [5, 5.41) is 5.59. The SMILES string of the molecule is CC.CC.NCC(=O)N[C@H]1CCC2CCC(C(=O)NCc3ccc(Br)cc3)N2C1=O. The Morgan fingerprint density at radius 3 is 2.27 bits per heavy atom. The van der Waals surface area contributed by atoms with E-state index in [4.69, 9.17) is 5.73 Å². The summed E-state index contributed by atoms with van der Waals surface area (Å²) in [6, 6.07) is 6.75. The smallest absolute Gasteiger partial charge is 0.246 e. The summed E-state index contributed by atoms with van der Waals surface area (Å²) in [7, 11) is 0. The molecule has 3 amide bonds. The van der Waals surface area contributed by atoms with Gasteiger partial charge in [0.15, 0.2) is 0 Å². The van der Waals surface area contributed by atoms with Gasteiger partial charge in [0.05, 0.1) is 6.54 Å². The molecule has 1 aromatic rings. The maximum atomic E-state index is 12.8. The molecule has 0 aromatic heterocycles. The Hall–Kier alpha value is -1.93. The lowest BCUT2D eigenvalue weighted by molar-refractivity contribution is -0.146. The van der Waals surface area contributed by atoms with Crippen LogP contribution in [0.2, 0.25) is 0 Å². The highest BCUT2D eigenvalue weighted by Gasteiger charge is 2.46. The molecule has 0 aliphatic carbocycles. The number of amides is 3. The molecule has 3 atom stereocenters. The number of rotatable bonds is 5. The van der Waals surface area contributed by atoms with Gasteiger partial charge in [0.1, 0.15) is 12.1 Å². The molecule has 2 aliphatic rings. The van der Waals surface area contributed by atoms with E-state index < -0.39 is 12.1 Å². The number of fused-ring (bicyclic) bond motifs is 1. The molecule has 2 saturated heterocycles. The average molecular weight is 483 g/mol. The van der Waals surface area contributed by atoms with Crippen molar-refractivity contribution in [1.82, 2.24) is 15.5 Å². The van der Waals surface area contributed by atoms with E-state index in [1.807, 2.05) is 52.0 Å². The Bertz CT molecular complexity index is 696. The maximum Gasteiger partial charge on any atom is 0.246 e. The fraction of sp³-hybridized carbons (Fsp3) is 0.591. The van der Waals surface area contributed by atoms with Crippen LogP contribution < -0.4 is 16.4 Å². The molecular formula is C22H35BrN4O3. The van der Waals surface area contributed by atoms with Gasteiger partial charge >= 0.3 is 0 Å². The number of hydrogen-bond donors (Lipinski definition) is 3. The number of nitrogens with zero attached hydrogens (tertiary/aromatic N) is 1. The molecule has 168 valence electrons. The fourth-order valence-corrected chi connectivity index (χ4v) is 3.98. The molecule has 3 rings (SSSR count). The third-order valence-corrected chi connectivity index (χ3v) is 5.58. The monoisotopic (exact) mass is 482 g/mol. The van der Waals surface area contributed by atoms with Crippen LogP contribution in [0, 0.1) is 0 Å². The van der Waals surface area contributed by atoms with Gasteiger partial charge in [-0.2, -0.15) is 0 Å². The van der Waals surface area contributed by atoms with Gasteiger partial charge in [0.2, 0.25) is 17.7 Å². The van der Waals surface area contributed by atoms with Crippen LogP contribution in [0.3, 0.4) is 0 Å². The van der Waals surface area contributed by atoms with Crippen LogP contribution >= 0.6 is 15.9 Å². The lowest BCUT2D eigenvalue weighted by atomic mass is 9.98. The quantitative estimate of drug-likeness (QED) is 0.599. The number of carbonyl (C=O) groups excluding carboxylic acids is 3. The first-order valence-electron chi connectivity index (χ1n) is 10.8. The maximum absolute atomic E-state index is 12.8. The van der Waals surface area contributed by atoms with Crippen molar-refractivity contribution in [1.29, 1.82) is 0 Å². The van der Waals surface area contributed by atoms with Crippen LogP contribution in [0.15, 0.2) is 28.7 Å².